The van der Waals surface area contributed by atoms with Crippen molar-refractivity contribution in [2.24, 2.45) is 5.92 Å². The van der Waals surface area contributed by atoms with Crippen molar-refractivity contribution in [1.82, 2.24) is 5.32 Å². The number of rotatable bonds is 3. The van der Waals surface area contributed by atoms with Gasteiger partial charge in [0.2, 0.25) is 0 Å². The maximum atomic E-state index is 6.49. The lowest BCUT2D eigenvalue weighted by atomic mass is 9.79. The van der Waals surface area contributed by atoms with Crippen molar-refractivity contribution >= 4 is 27.5 Å². The molecule has 2 heterocycles. The lowest BCUT2D eigenvalue weighted by Gasteiger charge is -2.40. The maximum Gasteiger partial charge on any atom is 0.0940 e. The number of hydrogen-bond acceptors (Lipinski definition) is 3. The predicted molar refractivity (Wildman–Crippen MR) is 87.8 cm³/mol. The fourth-order valence-corrected chi connectivity index (χ4v) is 4.24. The van der Waals surface area contributed by atoms with Crippen LogP contribution in [-0.2, 0) is 9.47 Å². The van der Waals surface area contributed by atoms with Gasteiger partial charge in [0.05, 0.1) is 17.2 Å². The summed E-state index contributed by atoms with van der Waals surface area (Å²) in [6.07, 6.45) is 3.09. The van der Waals surface area contributed by atoms with E-state index in [1.54, 1.807) is 0 Å². The van der Waals surface area contributed by atoms with Crippen LogP contribution in [0, 0.1) is 5.92 Å². The quantitative estimate of drug-likeness (QED) is 0.869. The van der Waals surface area contributed by atoms with Crippen LogP contribution in [0.15, 0.2) is 22.7 Å². The van der Waals surface area contributed by atoms with Crippen molar-refractivity contribution < 1.29 is 9.47 Å². The van der Waals surface area contributed by atoms with Gasteiger partial charge in [-0.05, 0) is 53.4 Å². The number of hydrogen-bond donors (Lipinski definition) is 1. The van der Waals surface area contributed by atoms with Crippen LogP contribution >= 0.6 is 27.5 Å². The average molecular weight is 375 g/mol. The van der Waals surface area contributed by atoms with E-state index in [2.05, 4.69) is 27.3 Å². The van der Waals surface area contributed by atoms with E-state index in [4.69, 9.17) is 21.1 Å². The van der Waals surface area contributed by atoms with Gasteiger partial charge in [0, 0.05) is 30.1 Å². The third kappa shape index (κ3) is 3.15. The molecule has 0 saturated carbocycles. The lowest BCUT2D eigenvalue weighted by Crippen LogP contribution is -2.43. The first-order valence-corrected chi connectivity index (χ1v) is 8.65. The largest absolute Gasteiger partial charge is 0.378 e. The minimum absolute atomic E-state index is 0.0729. The number of halogens is 2. The first kappa shape index (κ1) is 15.8. The van der Waals surface area contributed by atoms with Gasteiger partial charge in [-0.1, -0.05) is 23.7 Å². The Morgan fingerprint density at radius 2 is 2.29 bits per heavy atom. The van der Waals surface area contributed by atoms with Gasteiger partial charge >= 0.3 is 0 Å². The zero-order chi connectivity index (χ0) is 14.9. The standard InChI is InChI=1S/C16H21BrClNO2/c1-19-15(12-3-2-4-13(17)14(12)18)11-5-7-21-16(9-11)6-8-20-10-16/h2-4,11,15,19H,5-10H2,1H3. The summed E-state index contributed by atoms with van der Waals surface area (Å²) in [7, 11) is 2.01. The van der Waals surface area contributed by atoms with Gasteiger partial charge in [-0.15, -0.1) is 0 Å². The van der Waals surface area contributed by atoms with E-state index in [1.165, 1.54) is 0 Å². The van der Waals surface area contributed by atoms with E-state index in [-0.39, 0.29) is 11.6 Å². The zero-order valence-electron chi connectivity index (χ0n) is 12.2. The highest BCUT2D eigenvalue weighted by Crippen LogP contribution is 2.43. The smallest absolute Gasteiger partial charge is 0.0940 e. The van der Waals surface area contributed by atoms with Crippen LogP contribution in [0.2, 0.25) is 5.02 Å². The third-order valence-corrected chi connectivity index (χ3v) is 6.01. The zero-order valence-corrected chi connectivity index (χ0v) is 14.5. The monoisotopic (exact) mass is 373 g/mol. The van der Waals surface area contributed by atoms with Crippen molar-refractivity contribution in [3.63, 3.8) is 0 Å². The second kappa shape index (κ2) is 6.55. The molecule has 5 heteroatoms. The van der Waals surface area contributed by atoms with Crippen LogP contribution in [-0.4, -0.2) is 32.5 Å². The van der Waals surface area contributed by atoms with E-state index in [0.717, 1.165) is 54.1 Å². The summed E-state index contributed by atoms with van der Waals surface area (Å²) in [4.78, 5) is 0. The topological polar surface area (TPSA) is 30.5 Å². The molecule has 0 amide bonds. The minimum atomic E-state index is -0.0729. The summed E-state index contributed by atoms with van der Waals surface area (Å²) < 4.78 is 12.6. The average Bonchev–Trinajstić information content (AvgIpc) is 2.92. The summed E-state index contributed by atoms with van der Waals surface area (Å²) in [6.45, 7) is 2.35. The van der Waals surface area contributed by atoms with Crippen molar-refractivity contribution in [3.05, 3.63) is 33.3 Å². The van der Waals surface area contributed by atoms with E-state index < -0.39 is 0 Å². The molecule has 0 aliphatic carbocycles. The molecular weight excluding hydrogens is 354 g/mol. The van der Waals surface area contributed by atoms with Crippen LogP contribution < -0.4 is 5.32 Å². The second-order valence-electron chi connectivity index (χ2n) is 6.00. The fraction of sp³-hybridized carbons (Fsp3) is 0.625. The van der Waals surface area contributed by atoms with Crippen LogP contribution in [0.3, 0.4) is 0 Å². The first-order chi connectivity index (χ1) is 10.2. The Bertz CT molecular complexity index is 505. The highest BCUT2D eigenvalue weighted by molar-refractivity contribution is 9.10. The van der Waals surface area contributed by atoms with Gasteiger partial charge in [0.25, 0.3) is 0 Å². The van der Waals surface area contributed by atoms with Crippen molar-refractivity contribution in [1.29, 1.82) is 0 Å². The molecule has 0 radical (unpaired) electrons. The fourth-order valence-electron chi connectivity index (χ4n) is 3.62. The van der Waals surface area contributed by atoms with E-state index in [9.17, 15) is 0 Å². The Balaban J connectivity index is 1.84. The molecule has 21 heavy (non-hydrogen) atoms. The SMILES string of the molecule is CNC(c1cccc(Br)c1Cl)C1CCOC2(CCOC2)C1. The Morgan fingerprint density at radius 1 is 1.43 bits per heavy atom. The van der Waals surface area contributed by atoms with Crippen LogP contribution in [0.5, 0.6) is 0 Å². The third-order valence-electron chi connectivity index (χ3n) is 4.70. The molecule has 3 atom stereocenters. The molecule has 0 bridgehead atoms. The van der Waals surface area contributed by atoms with Gasteiger partial charge in [0.1, 0.15) is 0 Å². The van der Waals surface area contributed by atoms with Gasteiger partial charge in [-0.2, -0.15) is 0 Å². The molecule has 3 unspecified atom stereocenters. The summed E-state index contributed by atoms with van der Waals surface area (Å²) in [5.41, 5.74) is 1.09. The highest BCUT2D eigenvalue weighted by atomic mass is 79.9. The van der Waals surface area contributed by atoms with Gasteiger partial charge in [0.15, 0.2) is 0 Å². The summed E-state index contributed by atoms with van der Waals surface area (Å²) >= 11 is 10.0. The first-order valence-electron chi connectivity index (χ1n) is 7.48. The second-order valence-corrected chi connectivity index (χ2v) is 7.23. The number of ether oxygens (including phenoxy) is 2. The number of nitrogens with one attached hydrogen (secondary N) is 1. The van der Waals surface area contributed by atoms with Crippen molar-refractivity contribution in [2.75, 3.05) is 26.9 Å². The van der Waals surface area contributed by atoms with E-state index >= 15 is 0 Å². The Hall–Kier alpha value is -0.130. The van der Waals surface area contributed by atoms with E-state index in [1.807, 2.05) is 19.2 Å². The molecule has 1 aromatic rings. The van der Waals surface area contributed by atoms with Crippen LogP contribution in [0.25, 0.3) is 0 Å². The highest BCUT2D eigenvalue weighted by Gasteiger charge is 2.43. The lowest BCUT2D eigenvalue weighted by molar-refractivity contribution is -0.103. The van der Waals surface area contributed by atoms with Gasteiger partial charge < -0.3 is 14.8 Å². The van der Waals surface area contributed by atoms with Gasteiger partial charge in [-0.3, -0.25) is 0 Å². The normalized spacial score (nSPS) is 30.7. The molecule has 2 aliphatic heterocycles. The molecule has 1 N–H and O–H groups in total. The molecule has 1 spiro atoms. The maximum absolute atomic E-state index is 6.49. The van der Waals surface area contributed by atoms with E-state index in [0.29, 0.717) is 5.92 Å². The summed E-state index contributed by atoms with van der Waals surface area (Å²) in [5, 5.41) is 4.27. The molecule has 3 nitrogen and oxygen atoms in total. The molecular formula is C16H21BrClNO2. The van der Waals surface area contributed by atoms with Crippen molar-refractivity contribution in [3.8, 4) is 0 Å². The number of benzene rings is 1. The molecule has 0 aromatic heterocycles. The van der Waals surface area contributed by atoms with Crippen molar-refractivity contribution in [2.45, 2.75) is 30.9 Å². The van der Waals surface area contributed by atoms with Crippen LogP contribution in [0.4, 0.5) is 0 Å². The molecule has 116 valence electrons. The summed E-state index contributed by atoms with van der Waals surface area (Å²) in [5.74, 6) is 0.511. The molecule has 1 aromatic carbocycles. The van der Waals surface area contributed by atoms with Gasteiger partial charge in [-0.25, -0.2) is 0 Å². The van der Waals surface area contributed by atoms with Crippen LogP contribution in [0.1, 0.15) is 30.9 Å². The Kier molecular flexibility index (Phi) is 4.91. The molecule has 2 fully saturated rings. The molecule has 2 aliphatic rings. The molecule has 2 saturated heterocycles. The predicted octanol–water partition coefficient (Wildman–Crippen LogP) is 3.95. The Morgan fingerprint density at radius 3 is 3.00 bits per heavy atom. The Labute approximate surface area is 139 Å². The molecule has 3 rings (SSSR count). The summed E-state index contributed by atoms with van der Waals surface area (Å²) in [6, 6.07) is 6.39. The minimum Gasteiger partial charge on any atom is -0.378 e.